The molecular weight excluding hydrogens is 557 g/mol. The number of nitrogens with one attached hydrogen (secondary N) is 1. The van der Waals surface area contributed by atoms with Gasteiger partial charge in [0.05, 0.1) is 16.2 Å². The number of benzene rings is 3. The van der Waals surface area contributed by atoms with Gasteiger partial charge in [-0.1, -0.05) is 54.1 Å². The van der Waals surface area contributed by atoms with Crippen LogP contribution in [0.3, 0.4) is 0 Å². The van der Waals surface area contributed by atoms with Gasteiger partial charge < -0.3 is 5.11 Å². The number of hydrogen-bond acceptors (Lipinski definition) is 5. The average Bonchev–Trinajstić information content (AvgIpc) is 2.91. The van der Waals surface area contributed by atoms with Crippen molar-refractivity contribution in [2.45, 2.75) is 23.4 Å². The summed E-state index contributed by atoms with van der Waals surface area (Å²) in [6, 6.07) is 19.4. The van der Waals surface area contributed by atoms with Crippen LogP contribution < -0.4 is 4.72 Å². The van der Waals surface area contributed by atoms with E-state index in [0.717, 1.165) is 17.7 Å². The van der Waals surface area contributed by atoms with Crippen molar-refractivity contribution in [1.29, 1.82) is 0 Å². The summed E-state index contributed by atoms with van der Waals surface area (Å²) in [5.41, 5.74) is 1.24. The van der Waals surface area contributed by atoms with Crippen LogP contribution in [0.4, 0.5) is 13.2 Å². The van der Waals surface area contributed by atoms with Gasteiger partial charge in [0.15, 0.2) is 0 Å². The Morgan fingerprint density at radius 1 is 1.05 bits per heavy atom. The molecule has 13 heteroatoms. The number of sulfonamides is 1. The minimum atomic E-state index is -4.64. The second-order valence-corrected chi connectivity index (χ2v) is 10.6. The maximum absolute atomic E-state index is 13.1. The van der Waals surface area contributed by atoms with Gasteiger partial charge in [-0.3, -0.25) is 4.79 Å². The highest BCUT2D eigenvalue weighted by atomic mass is 35.5. The number of rotatable bonds is 6. The first-order valence-electron chi connectivity index (χ1n) is 11.6. The van der Waals surface area contributed by atoms with Crippen LogP contribution in [0.1, 0.15) is 29.0 Å². The van der Waals surface area contributed by atoms with Gasteiger partial charge in [-0.25, -0.2) is 23.1 Å². The molecule has 0 radical (unpaired) electrons. The fourth-order valence-electron chi connectivity index (χ4n) is 3.99. The van der Waals surface area contributed by atoms with Gasteiger partial charge in [0.25, 0.3) is 10.0 Å². The van der Waals surface area contributed by atoms with Crippen LogP contribution in [-0.2, 0) is 21.0 Å². The minimum absolute atomic E-state index is 0.170. The van der Waals surface area contributed by atoms with Crippen LogP contribution in [0.15, 0.2) is 93.9 Å². The van der Waals surface area contributed by atoms with Gasteiger partial charge in [-0.15, -0.1) is 0 Å². The molecule has 1 atom stereocenters. The Kier molecular flexibility index (Phi) is 8.26. The van der Waals surface area contributed by atoms with Crippen molar-refractivity contribution in [2.24, 2.45) is 10.1 Å². The molecule has 3 aromatic rings. The van der Waals surface area contributed by atoms with Crippen molar-refractivity contribution >= 4 is 39.3 Å². The van der Waals surface area contributed by atoms with Crippen LogP contribution in [0, 0.1) is 0 Å². The normalized spacial score (nSPS) is 16.5. The lowest BCUT2D eigenvalue weighted by atomic mass is 9.86. The van der Waals surface area contributed by atoms with Crippen molar-refractivity contribution in [1.82, 2.24) is 9.73 Å². The molecule has 0 spiro atoms. The van der Waals surface area contributed by atoms with Crippen LogP contribution in [0.5, 0.6) is 0 Å². The number of halogens is 4. The summed E-state index contributed by atoms with van der Waals surface area (Å²) >= 11 is 6.06. The number of alkyl halides is 3. The SMILES string of the molecule is O=C(O)CN=C(NS(=O)(=O)c1ccc(C(F)(F)F)cc1)N1CCC(c2ccccc2)C(c2ccc(Cl)cc2)=N1. The lowest BCUT2D eigenvalue weighted by Gasteiger charge is -2.32. The monoisotopic (exact) mass is 578 g/mol. The molecule has 204 valence electrons. The van der Waals surface area contributed by atoms with Crippen molar-refractivity contribution in [3.8, 4) is 0 Å². The highest BCUT2D eigenvalue weighted by Gasteiger charge is 2.32. The average molecular weight is 579 g/mol. The second-order valence-electron chi connectivity index (χ2n) is 8.53. The summed E-state index contributed by atoms with van der Waals surface area (Å²) in [5, 5.41) is 15.6. The minimum Gasteiger partial charge on any atom is -0.480 e. The van der Waals surface area contributed by atoms with Crippen molar-refractivity contribution in [2.75, 3.05) is 13.1 Å². The van der Waals surface area contributed by atoms with Crippen molar-refractivity contribution < 1.29 is 31.5 Å². The van der Waals surface area contributed by atoms with E-state index < -0.39 is 39.2 Å². The van der Waals surface area contributed by atoms with E-state index in [4.69, 9.17) is 11.6 Å². The Morgan fingerprint density at radius 3 is 2.28 bits per heavy atom. The molecule has 4 rings (SSSR count). The van der Waals surface area contributed by atoms with E-state index in [0.29, 0.717) is 34.9 Å². The molecule has 0 saturated heterocycles. The third kappa shape index (κ3) is 6.95. The van der Waals surface area contributed by atoms with E-state index in [9.17, 15) is 31.5 Å². The standard InChI is InChI=1S/C26H22ClF3N4O4S/c27-20-10-6-18(7-11-20)24-22(17-4-2-1-3-5-17)14-15-34(32-24)25(31-16-23(35)36)33-39(37,38)21-12-8-19(9-13-21)26(28,29)30/h1-13,22H,14-16H2,(H,31,33)(H,35,36). The lowest BCUT2D eigenvalue weighted by Crippen LogP contribution is -2.45. The van der Waals surface area contributed by atoms with Gasteiger partial charge in [0.1, 0.15) is 6.54 Å². The van der Waals surface area contributed by atoms with E-state index in [1.165, 1.54) is 5.01 Å². The smallest absolute Gasteiger partial charge is 0.416 e. The zero-order chi connectivity index (χ0) is 28.2. The molecule has 0 aromatic heterocycles. The number of nitrogens with zero attached hydrogens (tertiary/aromatic N) is 3. The molecule has 39 heavy (non-hydrogen) atoms. The summed E-state index contributed by atoms with van der Waals surface area (Å²) in [4.78, 5) is 14.7. The zero-order valence-electron chi connectivity index (χ0n) is 20.1. The first-order chi connectivity index (χ1) is 18.4. The lowest BCUT2D eigenvalue weighted by molar-refractivity contribution is -0.137. The Balaban J connectivity index is 1.72. The highest BCUT2D eigenvalue weighted by Crippen LogP contribution is 2.31. The van der Waals surface area contributed by atoms with Crippen LogP contribution in [0.2, 0.25) is 5.02 Å². The number of hydrazone groups is 1. The quantitative estimate of drug-likeness (QED) is 0.317. The predicted molar refractivity (Wildman–Crippen MR) is 140 cm³/mol. The summed E-state index contributed by atoms with van der Waals surface area (Å²) in [6.07, 6.45) is -4.17. The molecule has 8 nitrogen and oxygen atoms in total. The molecule has 1 aliphatic heterocycles. The summed E-state index contributed by atoms with van der Waals surface area (Å²) < 4.78 is 67.1. The largest absolute Gasteiger partial charge is 0.480 e. The summed E-state index contributed by atoms with van der Waals surface area (Å²) in [6.45, 7) is -0.597. The number of carboxylic acids is 1. The maximum Gasteiger partial charge on any atom is 0.416 e. The molecule has 0 saturated carbocycles. The Bertz CT molecular complexity index is 1490. The number of carboxylic acid groups (broad SMARTS) is 1. The first kappa shape index (κ1) is 28.1. The van der Waals surface area contributed by atoms with Crippen molar-refractivity contribution in [3.63, 3.8) is 0 Å². The Hall–Kier alpha value is -3.90. The molecule has 1 aliphatic rings. The van der Waals surface area contributed by atoms with Gasteiger partial charge in [0, 0.05) is 17.5 Å². The third-order valence-electron chi connectivity index (χ3n) is 5.86. The first-order valence-corrected chi connectivity index (χ1v) is 13.4. The zero-order valence-corrected chi connectivity index (χ0v) is 21.7. The fourth-order valence-corrected chi connectivity index (χ4v) is 5.14. The summed E-state index contributed by atoms with van der Waals surface area (Å²) in [5.74, 6) is -1.87. The van der Waals surface area contributed by atoms with E-state index in [1.807, 2.05) is 30.3 Å². The molecule has 2 N–H and O–H groups in total. The molecule has 0 amide bonds. The van der Waals surface area contributed by atoms with Crippen molar-refractivity contribution in [3.05, 3.63) is 101 Å². The molecule has 0 fully saturated rings. The molecule has 1 unspecified atom stereocenters. The topological polar surface area (TPSA) is 111 Å². The molecule has 0 aliphatic carbocycles. The summed E-state index contributed by atoms with van der Waals surface area (Å²) in [7, 11) is -4.44. The van der Waals surface area contributed by atoms with Gasteiger partial charge in [-0.05, 0) is 53.9 Å². The molecule has 0 bridgehead atoms. The maximum atomic E-state index is 13.1. The van der Waals surface area contributed by atoms with E-state index in [1.54, 1.807) is 24.3 Å². The fraction of sp³-hybridized carbons (Fsp3) is 0.192. The van der Waals surface area contributed by atoms with E-state index >= 15 is 0 Å². The van der Waals surface area contributed by atoms with E-state index in [2.05, 4.69) is 14.8 Å². The van der Waals surface area contributed by atoms with Gasteiger partial charge in [0.2, 0.25) is 5.96 Å². The highest BCUT2D eigenvalue weighted by molar-refractivity contribution is 7.90. The molecule has 3 aromatic carbocycles. The Labute approximate surface area is 227 Å². The third-order valence-corrected chi connectivity index (χ3v) is 7.45. The van der Waals surface area contributed by atoms with Crippen LogP contribution in [0.25, 0.3) is 0 Å². The van der Waals surface area contributed by atoms with E-state index in [-0.39, 0.29) is 18.4 Å². The van der Waals surface area contributed by atoms with Crippen LogP contribution in [-0.4, -0.2) is 49.3 Å². The molecular formula is C26H22ClF3N4O4S. The molecule has 1 heterocycles. The number of aliphatic carboxylic acids is 1. The number of carbonyl (C=O) groups is 1. The predicted octanol–water partition coefficient (Wildman–Crippen LogP) is 4.97. The van der Waals surface area contributed by atoms with Gasteiger partial charge in [-0.2, -0.15) is 18.3 Å². The number of hydrogen-bond donors (Lipinski definition) is 2. The van der Waals surface area contributed by atoms with Crippen LogP contribution >= 0.6 is 11.6 Å². The Morgan fingerprint density at radius 2 is 1.69 bits per heavy atom. The number of aliphatic imine (C=N–C) groups is 1. The second kappa shape index (κ2) is 11.5. The number of guanidine groups is 1. The van der Waals surface area contributed by atoms with Gasteiger partial charge >= 0.3 is 12.1 Å².